The Morgan fingerprint density at radius 2 is 2.25 bits per heavy atom. The highest BCUT2D eigenvalue weighted by Gasteiger charge is 2.26. The van der Waals surface area contributed by atoms with Crippen LogP contribution in [0.4, 0.5) is 10.7 Å². The van der Waals surface area contributed by atoms with Crippen molar-refractivity contribution in [3.63, 3.8) is 0 Å². The Bertz CT molecular complexity index is 484. The molecule has 0 aromatic carbocycles. The lowest BCUT2D eigenvalue weighted by molar-refractivity contribution is 0.0607. The predicted molar refractivity (Wildman–Crippen MR) is 87.1 cm³/mol. The molecule has 0 aliphatic heterocycles. The van der Waals surface area contributed by atoms with Gasteiger partial charge in [0, 0.05) is 13.1 Å². The highest BCUT2D eigenvalue weighted by atomic mass is 32.2. The number of rotatable bonds is 6. The van der Waals surface area contributed by atoms with E-state index in [9.17, 15) is 4.79 Å². The van der Waals surface area contributed by atoms with Crippen LogP contribution in [0.15, 0.2) is 4.90 Å². The zero-order valence-electron chi connectivity index (χ0n) is 12.3. The van der Waals surface area contributed by atoms with Crippen LogP contribution < -0.4 is 10.6 Å². The third-order valence-corrected chi connectivity index (χ3v) is 6.03. The van der Waals surface area contributed by atoms with Crippen molar-refractivity contribution in [2.75, 3.05) is 37.1 Å². The minimum atomic E-state index is -0.339. The molecule has 6 heteroatoms. The van der Waals surface area contributed by atoms with Gasteiger partial charge in [0.2, 0.25) is 0 Å². The van der Waals surface area contributed by atoms with Crippen molar-refractivity contribution < 1.29 is 9.53 Å². The lowest BCUT2D eigenvalue weighted by Crippen LogP contribution is -2.32. The maximum atomic E-state index is 11.8. The number of ether oxygens (including phenoxy) is 1. The van der Waals surface area contributed by atoms with Crippen LogP contribution in [0.3, 0.4) is 0 Å². The third kappa shape index (κ3) is 2.91. The highest BCUT2D eigenvalue weighted by Crippen LogP contribution is 2.44. The van der Waals surface area contributed by atoms with Gasteiger partial charge in [-0.25, -0.2) is 4.79 Å². The molecule has 1 aromatic rings. The second-order valence-corrected chi connectivity index (χ2v) is 6.83. The van der Waals surface area contributed by atoms with E-state index in [4.69, 9.17) is 10.5 Å². The number of hydrogen-bond acceptors (Lipinski definition) is 6. The molecule has 1 saturated carbocycles. The number of thioether (sulfide) groups is 1. The monoisotopic (exact) mass is 314 g/mol. The van der Waals surface area contributed by atoms with Gasteiger partial charge >= 0.3 is 5.97 Å². The van der Waals surface area contributed by atoms with E-state index in [-0.39, 0.29) is 5.97 Å². The smallest absolute Gasteiger partial charge is 0.350 e. The van der Waals surface area contributed by atoms with E-state index in [2.05, 4.69) is 11.8 Å². The minimum Gasteiger partial charge on any atom is -0.465 e. The Balaban J connectivity index is 2.30. The summed E-state index contributed by atoms with van der Waals surface area (Å²) < 4.78 is 4.82. The normalized spacial score (nSPS) is 14.9. The molecule has 1 aromatic heterocycles. The molecule has 0 spiro atoms. The number of hydrogen-bond donors (Lipinski definition) is 1. The van der Waals surface area contributed by atoms with Crippen LogP contribution in [-0.4, -0.2) is 32.4 Å². The summed E-state index contributed by atoms with van der Waals surface area (Å²) in [6.45, 7) is 4.14. The Kier molecular flexibility index (Phi) is 5.21. The highest BCUT2D eigenvalue weighted by molar-refractivity contribution is 7.99. The van der Waals surface area contributed by atoms with Crippen molar-refractivity contribution in [1.82, 2.24) is 0 Å². The van der Waals surface area contributed by atoms with E-state index in [0.29, 0.717) is 10.6 Å². The van der Waals surface area contributed by atoms with Crippen molar-refractivity contribution >= 4 is 39.8 Å². The van der Waals surface area contributed by atoms with E-state index in [1.54, 1.807) is 11.8 Å². The molecule has 1 fully saturated rings. The average Bonchev–Trinajstić information content (AvgIpc) is 2.74. The average molecular weight is 314 g/mol. The molecule has 112 valence electrons. The van der Waals surface area contributed by atoms with Crippen LogP contribution in [-0.2, 0) is 4.74 Å². The summed E-state index contributed by atoms with van der Waals surface area (Å²) in [5.41, 5.74) is 6.69. The molecule has 0 bridgehead atoms. The summed E-state index contributed by atoms with van der Waals surface area (Å²) in [6, 6.07) is 0. The topological polar surface area (TPSA) is 55.6 Å². The summed E-state index contributed by atoms with van der Waals surface area (Å²) in [5.74, 6) is 0.448. The number of nitrogens with zero attached hydrogens (tertiary/aromatic N) is 1. The van der Waals surface area contributed by atoms with Crippen LogP contribution in [0.5, 0.6) is 0 Å². The largest absolute Gasteiger partial charge is 0.465 e. The fraction of sp³-hybridized carbons (Fsp3) is 0.643. The zero-order chi connectivity index (χ0) is 14.7. The summed E-state index contributed by atoms with van der Waals surface area (Å²) >= 11 is 3.06. The van der Waals surface area contributed by atoms with Gasteiger partial charge in [-0.3, -0.25) is 0 Å². The van der Waals surface area contributed by atoms with Crippen LogP contribution in [0, 0.1) is 5.92 Å². The molecule has 2 rings (SSSR count). The first kappa shape index (κ1) is 15.5. The number of nitrogens with two attached hydrogens (primary N) is 1. The molecule has 1 aliphatic carbocycles. The zero-order valence-corrected chi connectivity index (χ0v) is 13.9. The molecular weight excluding hydrogens is 292 g/mol. The first-order valence-corrected chi connectivity index (χ1v) is 8.95. The SMILES string of the molecule is CCN(CC1CCC1)c1sc(C(=O)OC)c(N)c1SC. The summed E-state index contributed by atoms with van der Waals surface area (Å²) in [5, 5.41) is 1.12. The molecule has 0 amide bonds. The second kappa shape index (κ2) is 6.72. The lowest BCUT2D eigenvalue weighted by Gasteiger charge is -2.32. The Morgan fingerprint density at radius 3 is 2.70 bits per heavy atom. The first-order valence-electron chi connectivity index (χ1n) is 6.91. The van der Waals surface area contributed by atoms with Gasteiger partial charge in [0.05, 0.1) is 17.7 Å². The fourth-order valence-corrected chi connectivity index (χ4v) is 4.58. The van der Waals surface area contributed by atoms with E-state index in [0.717, 1.165) is 28.9 Å². The lowest BCUT2D eigenvalue weighted by atomic mass is 9.85. The van der Waals surface area contributed by atoms with Crippen LogP contribution in [0.25, 0.3) is 0 Å². The Labute approximate surface area is 128 Å². The second-order valence-electron chi connectivity index (χ2n) is 5.01. The molecule has 0 saturated heterocycles. The summed E-state index contributed by atoms with van der Waals surface area (Å²) in [4.78, 5) is 15.7. The standard InChI is InChI=1S/C14H22N2O2S2/c1-4-16(8-9-6-5-7-9)13-11(19-3)10(15)12(20-13)14(17)18-2/h9H,4-8,15H2,1-3H3. The van der Waals surface area contributed by atoms with Gasteiger partial charge in [0.15, 0.2) is 0 Å². The van der Waals surface area contributed by atoms with E-state index in [1.165, 1.54) is 37.7 Å². The van der Waals surface area contributed by atoms with Gasteiger partial charge < -0.3 is 15.4 Å². The number of carbonyl (C=O) groups is 1. The number of carbonyl (C=O) groups excluding carboxylic acids is 1. The fourth-order valence-electron chi connectivity index (χ4n) is 2.41. The van der Waals surface area contributed by atoms with Crippen LogP contribution >= 0.6 is 23.1 Å². The number of thiophene rings is 1. The van der Waals surface area contributed by atoms with Gasteiger partial charge in [0.25, 0.3) is 0 Å². The molecule has 1 aliphatic rings. The van der Waals surface area contributed by atoms with Crippen molar-refractivity contribution in [1.29, 1.82) is 0 Å². The molecule has 20 heavy (non-hydrogen) atoms. The maximum Gasteiger partial charge on any atom is 0.350 e. The number of nitrogen functional groups attached to an aromatic ring is 1. The quantitative estimate of drug-likeness (QED) is 0.643. The number of anilines is 2. The van der Waals surface area contributed by atoms with Gasteiger partial charge in [0.1, 0.15) is 9.88 Å². The summed E-state index contributed by atoms with van der Waals surface area (Å²) in [7, 11) is 1.39. The molecular formula is C14H22N2O2S2. The van der Waals surface area contributed by atoms with Gasteiger partial charge in [-0.05, 0) is 31.9 Å². The van der Waals surface area contributed by atoms with Crippen LogP contribution in [0.1, 0.15) is 35.9 Å². The molecule has 2 N–H and O–H groups in total. The van der Waals surface area contributed by atoms with Gasteiger partial charge in [-0.1, -0.05) is 6.42 Å². The summed E-state index contributed by atoms with van der Waals surface area (Å²) in [6.07, 6.45) is 5.98. The van der Waals surface area contributed by atoms with Crippen molar-refractivity contribution in [3.8, 4) is 0 Å². The van der Waals surface area contributed by atoms with Crippen molar-refractivity contribution in [2.45, 2.75) is 31.1 Å². The first-order chi connectivity index (χ1) is 9.62. The van der Waals surface area contributed by atoms with Crippen molar-refractivity contribution in [2.24, 2.45) is 5.92 Å². The molecule has 0 atom stereocenters. The Morgan fingerprint density at radius 1 is 1.55 bits per heavy atom. The molecule has 1 heterocycles. The minimum absolute atomic E-state index is 0.339. The number of esters is 1. The van der Waals surface area contributed by atoms with E-state index in [1.807, 2.05) is 6.26 Å². The van der Waals surface area contributed by atoms with E-state index < -0.39 is 0 Å². The van der Waals surface area contributed by atoms with Gasteiger partial charge in [-0.2, -0.15) is 0 Å². The molecule has 0 unspecified atom stereocenters. The predicted octanol–water partition coefficient (Wildman–Crippen LogP) is 3.47. The van der Waals surface area contributed by atoms with E-state index >= 15 is 0 Å². The van der Waals surface area contributed by atoms with Crippen molar-refractivity contribution in [3.05, 3.63) is 4.88 Å². The third-order valence-electron chi connectivity index (χ3n) is 3.83. The number of methoxy groups -OCH3 is 1. The molecule has 4 nitrogen and oxygen atoms in total. The van der Waals surface area contributed by atoms with Gasteiger partial charge in [-0.15, -0.1) is 23.1 Å². The maximum absolute atomic E-state index is 11.8. The van der Waals surface area contributed by atoms with Crippen LogP contribution in [0.2, 0.25) is 0 Å². The molecule has 0 radical (unpaired) electrons. The Hall–Kier alpha value is -0.880.